The van der Waals surface area contributed by atoms with E-state index in [4.69, 9.17) is 4.74 Å². The average molecular weight is 246 g/mol. The molecule has 0 aliphatic carbocycles. The molecule has 1 aromatic carbocycles. The molecule has 5 heteroatoms. The van der Waals surface area contributed by atoms with Crippen LogP contribution in [0.15, 0.2) is 24.3 Å². The lowest BCUT2D eigenvalue weighted by Crippen LogP contribution is -2.12. The third-order valence-electron chi connectivity index (χ3n) is 2.27. The predicted molar refractivity (Wildman–Crippen MR) is 57.0 cm³/mol. The SMILES string of the molecule is COc1ccccc1CC(=O)CCC(F)(F)F. The van der Waals surface area contributed by atoms with Crippen molar-refractivity contribution in [2.75, 3.05) is 7.11 Å². The zero-order valence-corrected chi connectivity index (χ0v) is 9.38. The van der Waals surface area contributed by atoms with Gasteiger partial charge in [0.05, 0.1) is 13.5 Å². The van der Waals surface area contributed by atoms with Gasteiger partial charge >= 0.3 is 6.18 Å². The van der Waals surface area contributed by atoms with Crippen molar-refractivity contribution < 1.29 is 22.7 Å². The molecule has 0 radical (unpaired) electrons. The Morgan fingerprint density at radius 3 is 2.53 bits per heavy atom. The van der Waals surface area contributed by atoms with Crippen LogP contribution >= 0.6 is 0 Å². The molecule has 0 aromatic heterocycles. The molecule has 0 N–H and O–H groups in total. The van der Waals surface area contributed by atoms with Crippen LogP contribution < -0.4 is 4.74 Å². The molecule has 0 saturated heterocycles. The van der Waals surface area contributed by atoms with E-state index in [0.717, 1.165) is 0 Å². The van der Waals surface area contributed by atoms with Crippen LogP contribution in [0, 0.1) is 0 Å². The van der Waals surface area contributed by atoms with E-state index in [0.29, 0.717) is 11.3 Å². The Bertz CT molecular complexity index is 386. The van der Waals surface area contributed by atoms with Crippen molar-refractivity contribution in [3.05, 3.63) is 29.8 Å². The number of carbonyl (C=O) groups is 1. The van der Waals surface area contributed by atoms with Gasteiger partial charge in [0.25, 0.3) is 0 Å². The highest BCUT2D eigenvalue weighted by atomic mass is 19.4. The largest absolute Gasteiger partial charge is 0.496 e. The van der Waals surface area contributed by atoms with Gasteiger partial charge in [-0.25, -0.2) is 0 Å². The first-order valence-corrected chi connectivity index (χ1v) is 5.13. The molecule has 0 aliphatic heterocycles. The molecular weight excluding hydrogens is 233 g/mol. The highest BCUT2D eigenvalue weighted by Crippen LogP contribution is 2.23. The van der Waals surface area contributed by atoms with Crippen molar-refractivity contribution in [3.8, 4) is 5.75 Å². The van der Waals surface area contributed by atoms with Gasteiger partial charge in [0, 0.05) is 18.4 Å². The minimum Gasteiger partial charge on any atom is -0.496 e. The van der Waals surface area contributed by atoms with E-state index < -0.39 is 24.8 Å². The van der Waals surface area contributed by atoms with Gasteiger partial charge in [-0.1, -0.05) is 18.2 Å². The van der Waals surface area contributed by atoms with Crippen molar-refractivity contribution >= 4 is 5.78 Å². The Labute approximate surface area is 97.4 Å². The first kappa shape index (κ1) is 13.5. The molecule has 2 nitrogen and oxygen atoms in total. The summed E-state index contributed by atoms with van der Waals surface area (Å²) in [5.41, 5.74) is 0.613. The van der Waals surface area contributed by atoms with Gasteiger partial charge in [0.15, 0.2) is 0 Å². The van der Waals surface area contributed by atoms with E-state index in [-0.39, 0.29) is 6.42 Å². The Balaban J connectivity index is 2.56. The van der Waals surface area contributed by atoms with Gasteiger partial charge in [-0.3, -0.25) is 4.79 Å². The van der Waals surface area contributed by atoms with Gasteiger partial charge in [-0.05, 0) is 6.07 Å². The number of halogens is 3. The normalized spacial score (nSPS) is 11.3. The molecule has 0 spiro atoms. The van der Waals surface area contributed by atoms with Crippen molar-refractivity contribution in [2.45, 2.75) is 25.4 Å². The number of rotatable bonds is 5. The van der Waals surface area contributed by atoms with Crippen molar-refractivity contribution in [1.29, 1.82) is 0 Å². The molecule has 0 fully saturated rings. The molecule has 0 amide bonds. The summed E-state index contributed by atoms with van der Waals surface area (Å²) >= 11 is 0. The average Bonchev–Trinajstić information content (AvgIpc) is 2.26. The number of ether oxygens (including phenoxy) is 1. The number of benzene rings is 1. The standard InChI is InChI=1S/C12H13F3O2/c1-17-11-5-3-2-4-9(11)8-10(16)6-7-12(13,14)15/h2-5H,6-8H2,1H3. The van der Waals surface area contributed by atoms with E-state index in [2.05, 4.69) is 0 Å². The highest BCUT2D eigenvalue weighted by Gasteiger charge is 2.27. The zero-order valence-electron chi connectivity index (χ0n) is 9.38. The van der Waals surface area contributed by atoms with E-state index >= 15 is 0 Å². The van der Waals surface area contributed by atoms with Crippen molar-refractivity contribution in [2.24, 2.45) is 0 Å². The molecule has 0 saturated carbocycles. The third-order valence-corrected chi connectivity index (χ3v) is 2.27. The van der Waals surface area contributed by atoms with Crippen LogP contribution in [0.3, 0.4) is 0 Å². The van der Waals surface area contributed by atoms with Crippen LogP contribution in [0.4, 0.5) is 13.2 Å². The summed E-state index contributed by atoms with van der Waals surface area (Å²) in [5, 5.41) is 0. The second kappa shape index (κ2) is 5.70. The Hall–Kier alpha value is -1.52. The first-order chi connectivity index (χ1) is 7.92. The quantitative estimate of drug-likeness (QED) is 0.797. The van der Waals surface area contributed by atoms with Gasteiger partial charge < -0.3 is 4.74 Å². The highest BCUT2D eigenvalue weighted by molar-refractivity contribution is 5.81. The minimum atomic E-state index is -4.28. The van der Waals surface area contributed by atoms with Crippen LogP contribution in [0.25, 0.3) is 0 Å². The summed E-state index contributed by atoms with van der Waals surface area (Å²) in [4.78, 5) is 11.4. The van der Waals surface area contributed by atoms with E-state index in [1.54, 1.807) is 24.3 Å². The summed E-state index contributed by atoms with van der Waals surface area (Å²) in [7, 11) is 1.46. The topological polar surface area (TPSA) is 26.3 Å². The third kappa shape index (κ3) is 4.89. The second-order valence-electron chi connectivity index (χ2n) is 3.64. The lowest BCUT2D eigenvalue weighted by molar-refractivity contribution is -0.143. The van der Waals surface area contributed by atoms with Gasteiger partial charge in [0.1, 0.15) is 11.5 Å². The van der Waals surface area contributed by atoms with Crippen molar-refractivity contribution in [1.82, 2.24) is 0 Å². The Morgan fingerprint density at radius 1 is 1.29 bits per heavy atom. The maximum absolute atomic E-state index is 11.9. The number of hydrogen-bond donors (Lipinski definition) is 0. The van der Waals surface area contributed by atoms with Crippen LogP contribution in [0.1, 0.15) is 18.4 Å². The van der Waals surface area contributed by atoms with E-state index in [9.17, 15) is 18.0 Å². The maximum Gasteiger partial charge on any atom is 0.389 e. The molecule has 0 atom stereocenters. The molecular formula is C12H13F3O2. The molecule has 1 aromatic rings. The fourth-order valence-corrected chi connectivity index (χ4v) is 1.43. The molecule has 0 unspecified atom stereocenters. The predicted octanol–water partition coefficient (Wildman–Crippen LogP) is 3.15. The molecule has 0 aliphatic rings. The zero-order chi connectivity index (χ0) is 12.9. The number of para-hydroxylation sites is 1. The molecule has 0 heterocycles. The molecule has 0 bridgehead atoms. The summed E-state index contributed by atoms with van der Waals surface area (Å²) in [6, 6.07) is 6.80. The fourth-order valence-electron chi connectivity index (χ4n) is 1.43. The minimum absolute atomic E-state index is 0.0277. The number of Topliss-reactive ketones (excluding diaryl/α,β-unsaturated/α-hetero) is 1. The lowest BCUT2D eigenvalue weighted by atomic mass is 10.0. The molecule has 94 valence electrons. The van der Waals surface area contributed by atoms with Gasteiger partial charge in [-0.2, -0.15) is 13.2 Å². The number of alkyl halides is 3. The number of methoxy groups -OCH3 is 1. The van der Waals surface area contributed by atoms with Gasteiger partial charge in [0.2, 0.25) is 0 Å². The number of ketones is 1. The van der Waals surface area contributed by atoms with E-state index in [1.165, 1.54) is 7.11 Å². The fraction of sp³-hybridized carbons (Fsp3) is 0.417. The number of hydrogen-bond acceptors (Lipinski definition) is 2. The summed E-state index contributed by atoms with van der Waals surface area (Å²) < 4.78 is 40.8. The van der Waals surface area contributed by atoms with Crippen LogP contribution in [-0.2, 0) is 11.2 Å². The molecule has 1 rings (SSSR count). The smallest absolute Gasteiger partial charge is 0.389 e. The summed E-state index contributed by atoms with van der Waals surface area (Å²) in [5.74, 6) is 0.0830. The first-order valence-electron chi connectivity index (χ1n) is 5.13. The van der Waals surface area contributed by atoms with Crippen LogP contribution in [0.5, 0.6) is 5.75 Å². The second-order valence-corrected chi connectivity index (χ2v) is 3.64. The van der Waals surface area contributed by atoms with Crippen LogP contribution in [-0.4, -0.2) is 19.1 Å². The Kier molecular flexibility index (Phi) is 4.54. The summed E-state index contributed by atoms with van der Waals surface area (Å²) in [6.45, 7) is 0. The summed E-state index contributed by atoms with van der Waals surface area (Å²) in [6.07, 6.45) is -5.86. The monoisotopic (exact) mass is 246 g/mol. The van der Waals surface area contributed by atoms with E-state index in [1.807, 2.05) is 0 Å². The maximum atomic E-state index is 11.9. The lowest BCUT2D eigenvalue weighted by Gasteiger charge is -2.08. The van der Waals surface area contributed by atoms with Gasteiger partial charge in [-0.15, -0.1) is 0 Å². The molecule has 17 heavy (non-hydrogen) atoms. The van der Waals surface area contributed by atoms with Crippen LogP contribution in [0.2, 0.25) is 0 Å². The number of carbonyl (C=O) groups excluding carboxylic acids is 1. The Morgan fingerprint density at radius 2 is 1.94 bits per heavy atom. The van der Waals surface area contributed by atoms with Crippen molar-refractivity contribution in [3.63, 3.8) is 0 Å².